The predicted molar refractivity (Wildman–Crippen MR) is 95.0 cm³/mol. The lowest BCUT2D eigenvalue weighted by Crippen LogP contribution is -2.04. The topological polar surface area (TPSA) is 35.5 Å². The first kappa shape index (κ1) is 19.5. The second-order valence-electron chi connectivity index (χ2n) is 6.18. The lowest BCUT2D eigenvalue weighted by Gasteiger charge is -2.20. The number of unbranched alkanes of at least 4 members (excludes halogenated alkanes) is 1. The summed E-state index contributed by atoms with van der Waals surface area (Å²) in [5, 5.41) is 0. The van der Waals surface area contributed by atoms with Crippen LogP contribution in [0.25, 0.3) is 0 Å². The van der Waals surface area contributed by atoms with Crippen LogP contribution in [0, 0.1) is 5.92 Å². The Labute approximate surface area is 141 Å². The molecule has 0 saturated heterocycles. The van der Waals surface area contributed by atoms with E-state index in [0.717, 1.165) is 31.1 Å². The Morgan fingerprint density at radius 2 is 1.65 bits per heavy atom. The van der Waals surface area contributed by atoms with E-state index < -0.39 is 0 Å². The number of benzene rings is 1. The summed E-state index contributed by atoms with van der Waals surface area (Å²) in [5.74, 6) is 2.43. The van der Waals surface area contributed by atoms with Gasteiger partial charge in [-0.15, -0.1) is 0 Å². The van der Waals surface area contributed by atoms with Gasteiger partial charge >= 0.3 is 0 Å². The molecule has 1 saturated carbocycles. The second-order valence-corrected chi connectivity index (χ2v) is 6.18. The molecule has 3 nitrogen and oxygen atoms in total. The van der Waals surface area contributed by atoms with Gasteiger partial charge in [0.2, 0.25) is 0 Å². The fourth-order valence-electron chi connectivity index (χ4n) is 2.89. The number of carbonyl (C=O) groups excluding carboxylic acids is 1. The van der Waals surface area contributed by atoms with E-state index >= 15 is 0 Å². The van der Waals surface area contributed by atoms with Crippen molar-refractivity contribution in [3.63, 3.8) is 0 Å². The van der Waals surface area contributed by atoms with Gasteiger partial charge in [0, 0.05) is 0 Å². The third-order valence-electron chi connectivity index (χ3n) is 4.20. The SMILES string of the molecule is CCCC1CCCCC1.CCCCOc1ccc(OC=O)cc1. The Hall–Kier alpha value is -1.51. The van der Waals surface area contributed by atoms with Crippen LogP contribution in [-0.4, -0.2) is 13.1 Å². The van der Waals surface area contributed by atoms with E-state index in [0.29, 0.717) is 12.2 Å². The zero-order chi connectivity index (χ0) is 16.8. The van der Waals surface area contributed by atoms with E-state index in [-0.39, 0.29) is 0 Å². The van der Waals surface area contributed by atoms with E-state index in [4.69, 9.17) is 4.74 Å². The summed E-state index contributed by atoms with van der Waals surface area (Å²) in [7, 11) is 0. The van der Waals surface area contributed by atoms with Gasteiger partial charge in [0.15, 0.2) is 0 Å². The Balaban J connectivity index is 0.000000253. The number of hydrogen-bond donors (Lipinski definition) is 0. The minimum absolute atomic E-state index is 0.410. The zero-order valence-electron chi connectivity index (χ0n) is 14.8. The molecule has 0 heterocycles. The molecule has 1 aromatic rings. The van der Waals surface area contributed by atoms with Crippen molar-refractivity contribution in [3.8, 4) is 11.5 Å². The van der Waals surface area contributed by atoms with Crippen LogP contribution in [-0.2, 0) is 4.79 Å². The molecule has 0 spiro atoms. The predicted octanol–water partition coefficient (Wildman–Crippen LogP) is 5.77. The average molecular weight is 320 g/mol. The lowest BCUT2D eigenvalue weighted by molar-refractivity contribution is -0.120. The zero-order valence-corrected chi connectivity index (χ0v) is 14.8. The van der Waals surface area contributed by atoms with E-state index in [1.165, 1.54) is 44.9 Å². The van der Waals surface area contributed by atoms with Crippen LogP contribution in [0.15, 0.2) is 24.3 Å². The molecule has 1 aromatic carbocycles. The van der Waals surface area contributed by atoms with E-state index in [1.807, 2.05) is 0 Å². The van der Waals surface area contributed by atoms with Gasteiger partial charge in [-0.2, -0.15) is 0 Å². The third kappa shape index (κ3) is 9.27. The minimum atomic E-state index is 0.410. The van der Waals surface area contributed by atoms with Gasteiger partial charge < -0.3 is 9.47 Å². The molecule has 1 fully saturated rings. The molecular weight excluding hydrogens is 288 g/mol. The first-order chi connectivity index (χ1) is 11.3. The monoisotopic (exact) mass is 320 g/mol. The third-order valence-corrected chi connectivity index (χ3v) is 4.20. The summed E-state index contributed by atoms with van der Waals surface area (Å²) >= 11 is 0. The molecule has 2 rings (SSSR count). The van der Waals surface area contributed by atoms with Crippen molar-refractivity contribution in [1.29, 1.82) is 0 Å². The largest absolute Gasteiger partial charge is 0.494 e. The normalized spacial score (nSPS) is 14.5. The first-order valence-corrected chi connectivity index (χ1v) is 9.13. The summed E-state index contributed by atoms with van der Waals surface area (Å²) < 4.78 is 10.1. The van der Waals surface area contributed by atoms with Gasteiger partial charge in [0.1, 0.15) is 11.5 Å². The van der Waals surface area contributed by atoms with Gasteiger partial charge in [-0.05, 0) is 36.6 Å². The van der Waals surface area contributed by atoms with Crippen molar-refractivity contribution < 1.29 is 14.3 Å². The van der Waals surface area contributed by atoms with Gasteiger partial charge in [0.25, 0.3) is 6.47 Å². The van der Waals surface area contributed by atoms with Crippen molar-refractivity contribution in [2.45, 2.75) is 71.6 Å². The second kappa shape index (κ2) is 13.0. The molecule has 3 heteroatoms. The maximum atomic E-state index is 10.0. The van der Waals surface area contributed by atoms with Crippen LogP contribution in [0.5, 0.6) is 11.5 Å². The molecule has 0 radical (unpaired) electrons. The van der Waals surface area contributed by atoms with Gasteiger partial charge in [0.05, 0.1) is 6.61 Å². The van der Waals surface area contributed by atoms with Crippen LogP contribution in [0.4, 0.5) is 0 Å². The number of ether oxygens (including phenoxy) is 2. The smallest absolute Gasteiger partial charge is 0.298 e. The number of carbonyl (C=O) groups is 1. The van der Waals surface area contributed by atoms with Crippen LogP contribution >= 0.6 is 0 Å². The molecule has 0 bridgehead atoms. The highest BCUT2D eigenvalue weighted by Gasteiger charge is 2.11. The van der Waals surface area contributed by atoms with Gasteiger partial charge in [-0.1, -0.05) is 65.2 Å². The van der Waals surface area contributed by atoms with Crippen LogP contribution < -0.4 is 9.47 Å². The van der Waals surface area contributed by atoms with Crippen molar-refractivity contribution in [3.05, 3.63) is 24.3 Å². The summed E-state index contributed by atoms with van der Waals surface area (Å²) in [5.41, 5.74) is 0. The number of rotatable bonds is 8. The Bertz CT molecular complexity index is 391. The fraction of sp³-hybridized carbons (Fsp3) is 0.650. The molecular formula is C20H32O3. The number of hydrogen-bond acceptors (Lipinski definition) is 3. The molecule has 0 N–H and O–H groups in total. The lowest BCUT2D eigenvalue weighted by atomic mass is 9.86. The minimum Gasteiger partial charge on any atom is -0.494 e. The standard InChI is InChI=1S/C11H14O3.C9H18/c1-2-3-8-13-10-4-6-11(7-5-10)14-9-12;1-2-6-9-7-4-3-5-8-9/h4-7,9H,2-3,8H2,1H3;9H,2-8H2,1H3. The molecule has 0 unspecified atom stereocenters. The van der Waals surface area contributed by atoms with E-state index in [9.17, 15) is 4.79 Å². The average Bonchev–Trinajstić information content (AvgIpc) is 2.59. The Kier molecular flexibility index (Phi) is 11.0. The summed E-state index contributed by atoms with van der Waals surface area (Å²) in [6, 6.07) is 6.98. The Morgan fingerprint density at radius 3 is 2.22 bits per heavy atom. The van der Waals surface area contributed by atoms with Crippen LogP contribution in [0.2, 0.25) is 0 Å². The summed E-state index contributed by atoms with van der Waals surface area (Å²) in [6.45, 7) is 5.55. The molecule has 0 aromatic heterocycles. The molecule has 0 aliphatic heterocycles. The maximum absolute atomic E-state index is 10.0. The van der Waals surface area contributed by atoms with Crippen LogP contribution in [0.3, 0.4) is 0 Å². The summed E-state index contributed by atoms with van der Waals surface area (Å²) in [4.78, 5) is 10.0. The molecule has 1 aliphatic carbocycles. The summed E-state index contributed by atoms with van der Waals surface area (Å²) in [6.07, 6.45) is 12.6. The first-order valence-electron chi connectivity index (χ1n) is 9.13. The van der Waals surface area contributed by atoms with Crippen molar-refractivity contribution in [2.75, 3.05) is 6.61 Å². The highest BCUT2D eigenvalue weighted by Crippen LogP contribution is 2.26. The van der Waals surface area contributed by atoms with Crippen LogP contribution in [0.1, 0.15) is 71.6 Å². The quantitative estimate of drug-likeness (QED) is 0.451. The van der Waals surface area contributed by atoms with Crippen molar-refractivity contribution >= 4 is 6.47 Å². The van der Waals surface area contributed by atoms with Crippen molar-refractivity contribution in [1.82, 2.24) is 0 Å². The molecule has 1 aliphatic rings. The van der Waals surface area contributed by atoms with Gasteiger partial charge in [-0.25, -0.2) is 0 Å². The maximum Gasteiger partial charge on any atom is 0.298 e. The Morgan fingerprint density at radius 1 is 1.00 bits per heavy atom. The fourth-order valence-corrected chi connectivity index (χ4v) is 2.89. The molecule has 23 heavy (non-hydrogen) atoms. The molecule has 0 amide bonds. The van der Waals surface area contributed by atoms with Crippen molar-refractivity contribution in [2.24, 2.45) is 5.92 Å². The van der Waals surface area contributed by atoms with Gasteiger partial charge in [-0.3, -0.25) is 4.79 Å². The highest BCUT2D eigenvalue weighted by molar-refractivity contribution is 5.45. The van der Waals surface area contributed by atoms with E-state index in [2.05, 4.69) is 18.6 Å². The van der Waals surface area contributed by atoms with E-state index in [1.54, 1.807) is 24.3 Å². The molecule has 130 valence electrons. The highest BCUT2D eigenvalue weighted by atomic mass is 16.5. The molecule has 0 atom stereocenters.